The van der Waals surface area contributed by atoms with Crippen LogP contribution in [0.2, 0.25) is 0 Å². The van der Waals surface area contributed by atoms with Crippen molar-refractivity contribution in [3.63, 3.8) is 0 Å². The molecule has 0 aliphatic heterocycles. The molecule has 2 unspecified atom stereocenters. The van der Waals surface area contributed by atoms with Gasteiger partial charge < -0.3 is 0 Å². The van der Waals surface area contributed by atoms with E-state index in [4.69, 9.17) is 0 Å². The second kappa shape index (κ2) is 5.08. The number of allylic oxidation sites excluding steroid dienone is 3. The van der Waals surface area contributed by atoms with Crippen molar-refractivity contribution in [2.75, 3.05) is 0 Å². The molecule has 0 amide bonds. The number of fused-ring (bicyclic) bond motifs is 3. The normalized spacial score (nSPS) is 43.5. The number of carbonyl (C=O) groups is 1. The lowest BCUT2D eigenvalue weighted by molar-refractivity contribution is -0.134. The molecule has 2 fully saturated rings. The second-order valence-corrected chi connectivity index (χ2v) is 9.32. The van der Waals surface area contributed by atoms with Crippen LogP contribution in [0.1, 0.15) is 72.6 Å². The number of hydrogen-bond donors (Lipinski definition) is 0. The molecule has 0 bridgehead atoms. The van der Waals surface area contributed by atoms with Crippen molar-refractivity contribution in [1.29, 1.82) is 0 Å². The molecule has 1 nitrogen and oxygen atoms in total. The Bertz CT molecular complexity index is 526. The standard InChI is InChI=1S/C21H32O/c1-6-18(22)21(5)12-7-11-20(4)16-10-13-19(2,3)14-15(16)8-9-17(20)21/h6,10,15,17H,1,7-9,11-14H2,2-5H3/t15?,17?,20-,21+/m0/s1. The number of carbonyl (C=O) groups excluding carboxylic acids is 1. The summed E-state index contributed by atoms with van der Waals surface area (Å²) in [6.07, 6.45) is 12.6. The van der Waals surface area contributed by atoms with Crippen LogP contribution in [-0.2, 0) is 4.79 Å². The highest BCUT2D eigenvalue weighted by molar-refractivity contribution is 5.94. The fraction of sp³-hybridized carbons (Fsp3) is 0.762. The highest BCUT2D eigenvalue weighted by Gasteiger charge is 2.56. The highest BCUT2D eigenvalue weighted by Crippen LogP contribution is 2.63. The van der Waals surface area contributed by atoms with Crippen molar-refractivity contribution in [1.82, 2.24) is 0 Å². The average molecular weight is 300 g/mol. The minimum atomic E-state index is -0.187. The summed E-state index contributed by atoms with van der Waals surface area (Å²) in [7, 11) is 0. The summed E-state index contributed by atoms with van der Waals surface area (Å²) in [6.45, 7) is 13.3. The van der Waals surface area contributed by atoms with E-state index in [1.54, 1.807) is 11.6 Å². The Morgan fingerprint density at radius 1 is 1.23 bits per heavy atom. The van der Waals surface area contributed by atoms with Crippen LogP contribution >= 0.6 is 0 Å². The Morgan fingerprint density at radius 3 is 2.64 bits per heavy atom. The first kappa shape index (κ1) is 16.0. The van der Waals surface area contributed by atoms with Gasteiger partial charge in [-0.2, -0.15) is 0 Å². The lowest BCUT2D eigenvalue weighted by atomic mass is 9.45. The van der Waals surface area contributed by atoms with Crippen LogP contribution < -0.4 is 0 Å². The zero-order valence-corrected chi connectivity index (χ0v) is 14.9. The molecule has 0 aromatic carbocycles. The summed E-state index contributed by atoms with van der Waals surface area (Å²) in [4.78, 5) is 12.6. The van der Waals surface area contributed by atoms with Crippen molar-refractivity contribution in [3.8, 4) is 0 Å². The van der Waals surface area contributed by atoms with Gasteiger partial charge in [-0.05, 0) is 67.3 Å². The second-order valence-electron chi connectivity index (χ2n) is 9.32. The molecule has 1 heteroatoms. The summed E-state index contributed by atoms with van der Waals surface area (Å²) in [5.41, 5.74) is 2.20. The SMILES string of the molecule is C=CC(=O)[C@]1(C)CCC[C@@]2(C)C3=CCC(C)(C)CC3CCC12. The summed E-state index contributed by atoms with van der Waals surface area (Å²) < 4.78 is 0. The molecule has 3 rings (SSSR count). The molecule has 0 aromatic heterocycles. The van der Waals surface area contributed by atoms with Gasteiger partial charge in [0.15, 0.2) is 5.78 Å². The lowest BCUT2D eigenvalue weighted by Crippen LogP contribution is -2.52. The highest BCUT2D eigenvalue weighted by atomic mass is 16.1. The average Bonchev–Trinajstić information content (AvgIpc) is 2.44. The molecule has 22 heavy (non-hydrogen) atoms. The first-order valence-corrected chi connectivity index (χ1v) is 9.10. The molecule has 2 saturated carbocycles. The van der Waals surface area contributed by atoms with E-state index in [-0.39, 0.29) is 16.6 Å². The van der Waals surface area contributed by atoms with E-state index in [0.29, 0.717) is 11.3 Å². The van der Waals surface area contributed by atoms with Crippen molar-refractivity contribution < 1.29 is 4.79 Å². The van der Waals surface area contributed by atoms with Gasteiger partial charge >= 0.3 is 0 Å². The minimum Gasteiger partial charge on any atom is -0.294 e. The van der Waals surface area contributed by atoms with Crippen LogP contribution in [0.25, 0.3) is 0 Å². The third-order valence-corrected chi connectivity index (χ3v) is 7.26. The van der Waals surface area contributed by atoms with Gasteiger partial charge in [-0.3, -0.25) is 4.79 Å². The van der Waals surface area contributed by atoms with Crippen molar-refractivity contribution in [3.05, 3.63) is 24.3 Å². The summed E-state index contributed by atoms with van der Waals surface area (Å²) in [5, 5.41) is 0. The minimum absolute atomic E-state index is 0.187. The molecule has 3 aliphatic rings. The van der Waals surface area contributed by atoms with E-state index in [0.717, 1.165) is 12.3 Å². The Balaban J connectivity index is 2.00. The Morgan fingerprint density at radius 2 is 1.95 bits per heavy atom. The van der Waals surface area contributed by atoms with Gasteiger partial charge in [0.1, 0.15) is 0 Å². The fourth-order valence-corrected chi connectivity index (χ4v) is 6.12. The van der Waals surface area contributed by atoms with Gasteiger partial charge in [-0.15, -0.1) is 0 Å². The van der Waals surface area contributed by atoms with Crippen LogP contribution in [0.3, 0.4) is 0 Å². The quantitative estimate of drug-likeness (QED) is 0.471. The van der Waals surface area contributed by atoms with E-state index < -0.39 is 0 Å². The molecular formula is C21H32O. The zero-order chi connectivity index (χ0) is 16.2. The number of ketones is 1. The molecular weight excluding hydrogens is 268 g/mol. The van der Waals surface area contributed by atoms with E-state index in [1.807, 2.05) is 0 Å². The van der Waals surface area contributed by atoms with Crippen LogP contribution in [0.4, 0.5) is 0 Å². The van der Waals surface area contributed by atoms with Gasteiger partial charge in [0.05, 0.1) is 0 Å². The predicted octanol–water partition coefficient (Wildman–Crippen LogP) is 5.71. The molecule has 0 spiro atoms. The zero-order valence-electron chi connectivity index (χ0n) is 14.9. The lowest BCUT2D eigenvalue weighted by Gasteiger charge is -2.58. The molecule has 122 valence electrons. The van der Waals surface area contributed by atoms with E-state index in [1.165, 1.54) is 38.5 Å². The maximum absolute atomic E-state index is 12.6. The Kier molecular flexibility index (Phi) is 3.70. The van der Waals surface area contributed by atoms with Gasteiger partial charge in [0.25, 0.3) is 0 Å². The predicted molar refractivity (Wildman–Crippen MR) is 92.6 cm³/mol. The third kappa shape index (κ3) is 2.23. The molecule has 0 aromatic rings. The first-order chi connectivity index (χ1) is 10.2. The van der Waals surface area contributed by atoms with Crippen LogP contribution in [-0.4, -0.2) is 5.78 Å². The molecule has 0 radical (unpaired) electrons. The monoisotopic (exact) mass is 300 g/mol. The fourth-order valence-electron chi connectivity index (χ4n) is 6.12. The molecule has 3 aliphatic carbocycles. The summed E-state index contributed by atoms with van der Waals surface area (Å²) in [6, 6.07) is 0. The van der Waals surface area contributed by atoms with E-state index in [2.05, 4.69) is 40.3 Å². The van der Waals surface area contributed by atoms with E-state index in [9.17, 15) is 4.79 Å². The number of rotatable bonds is 2. The number of hydrogen-bond acceptors (Lipinski definition) is 1. The molecule has 0 saturated heterocycles. The van der Waals surface area contributed by atoms with Crippen molar-refractivity contribution in [2.45, 2.75) is 72.6 Å². The largest absolute Gasteiger partial charge is 0.294 e. The van der Waals surface area contributed by atoms with Crippen LogP contribution in [0.5, 0.6) is 0 Å². The summed E-state index contributed by atoms with van der Waals surface area (Å²) in [5.74, 6) is 1.53. The summed E-state index contributed by atoms with van der Waals surface area (Å²) >= 11 is 0. The smallest absolute Gasteiger partial charge is 0.161 e. The van der Waals surface area contributed by atoms with Crippen molar-refractivity contribution in [2.24, 2.45) is 28.1 Å². The topological polar surface area (TPSA) is 17.1 Å². The van der Waals surface area contributed by atoms with Gasteiger partial charge in [-0.25, -0.2) is 0 Å². The Hall–Kier alpha value is -0.850. The van der Waals surface area contributed by atoms with Gasteiger partial charge in [-0.1, -0.05) is 52.3 Å². The third-order valence-electron chi connectivity index (χ3n) is 7.26. The maximum atomic E-state index is 12.6. The molecule has 0 heterocycles. The maximum Gasteiger partial charge on any atom is 0.161 e. The van der Waals surface area contributed by atoms with E-state index >= 15 is 0 Å². The first-order valence-electron chi connectivity index (χ1n) is 9.10. The van der Waals surface area contributed by atoms with Crippen LogP contribution in [0.15, 0.2) is 24.3 Å². The molecule has 4 atom stereocenters. The van der Waals surface area contributed by atoms with Gasteiger partial charge in [0.2, 0.25) is 0 Å². The van der Waals surface area contributed by atoms with Crippen molar-refractivity contribution >= 4 is 5.78 Å². The van der Waals surface area contributed by atoms with Gasteiger partial charge in [0, 0.05) is 5.41 Å². The Labute approximate surface area is 136 Å². The van der Waals surface area contributed by atoms with Crippen LogP contribution in [0, 0.1) is 28.1 Å². The molecule has 0 N–H and O–H groups in total.